The molecule has 0 spiro atoms. The van der Waals surface area contributed by atoms with Gasteiger partial charge in [0.2, 0.25) is 0 Å². The van der Waals surface area contributed by atoms with Gasteiger partial charge < -0.3 is 4.42 Å². The van der Waals surface area contributed by atoms with E-state index >= 15 is 0 Å². The van der Waals surface area contributed by atoms with Crippen molar-refractivity contribution < 1.29 is 4.42 Å². The SMILES string of the molecule is Cc1ccccc1-c1cccc(-c2ccc3c(c2)oc2ccccc23)c1. The summed E-state index contributed by atoms with van der Waals surface area (Å²) in [5.74, 6) is 0. The van der Waals surface area contributed by atoms with Gasteiger partial charge in [0.15, 0.2) is 0 Å². The van der Waals surface area contributed by atoms with Crippen molar-refractivity contribution in [1.29, 1.82) is 0 Å². The van der Waals surface area contributed by atoms with E-state index in [1.807, 2.05) is 12.1 Å². The van der Waals surface area contributed by atoms with Crippen LogP contribution in [0.1, 0.15) is 5.56 Å². The molecule has 0 saturated heterocycles. The fraction of sp³-hybridized carbons (Fsp3) is 0.0400. The van der Waals surface area contributed by atoms with Gasteiger partial charge in [0, 0.05) is 10.8 Å². The van der Waals surface area contributed by atoms with Crippen LogP contribution in [-0.4, -0.2) is 0 Å². The standard InChI is InChI=1S/C25H18O/c1-17-7-2-3-10-21(17)20-9-6-8-18(15-20)19-13-14-23-22-11-4-5-12-24(22)26-25(23)16-19/h2-16H,1H3. The number of hydrogen-bond donors (Lipinski definition) is 0. The number of para-hydroxylation sites is 1. The number of aryl methyl sites for hydroxylation is 1. The fourth-order valence-electron chi connectivity index (χ4n) is 3.67. The molecule has 0 aliphatic carbocycles. The zero-order chi connectivity index (χ0) is 17.5. The van der Waals surface area contributed by atoms with Crippen molar-refractivity contribution in [2.24, 2.45) is 0 Å². The van der Waals surface area contributed by atoms with Crippen LogP contribution >= 0.6 is 0 Å². The Labute approximate surface area is 152 Å². The summed E-state index contributed by atoms with van der Waals surface area (Å²) in [4.78, 5) is 0. The van der Waals surface area contributed by atoms with Crippen molar-refractivity contribution in [2.45, 2.75) is 6.92 Å². The summed E-state index contributed by atoms with van der Waals surface area (Å²) in [5, 5.41) is 2.34. The second kappa shape index (κ2) is 5.89. The van der Waals surface area contributed by atoms with Gasteiger partial charge in [-0.05, 0) is 59.0 Å². The van der Waals surface area contributed by atoms with E-state index in [0.717, 1.165) is 11.2 Å². The highest BCUT2D eigenvalue weighted by Gasteiger charge is 2.09. The Morgan fingerprint density at radius 1 is 0.538 bits per heavy atom. The average Bonchev–Trinajstić information content (AvgIpc) is 3.06. The van der Waals surface area contributed by atoms with Crippen LogP contribution in [0.4, 0.5) is 0 Å². The summed E-state index contributed by atoms with van der Waals surface area (Å²) in [5.41, 5.74) is 8.06. The highest BCUT2D eigenvalue weighted by molar-refractivity contribution is 6.05. The van der Waals surface area contributed by atoms with Gasteiger partial charge in [0.25, 0.3) is 0 Å². The summed E-state index contributed by atoms with van der Waals surface area (Å²) >= 11 is 0. The molecule has 0 unspecified atom stereocenters. The minimum absolute atomic E-state index is 0.935. The lowest BCUT2D eigenvalue weighted by Crippen LogP contribution is -1.84. The Hall–Kier alpha value is -3.32. The molecule has 4 aromatic carbocycles. The summed E-state index contributed by atoms with van der Waals surface area (Å²) < 4.78 is 6.05. The first-order valence-corrected chi connectivity index (χ1v) is 8.87. The minimum atomic E-state index is 0.935. The average molecular weight is 334 g/mol. The monoisotopic (exact) mass is 334 g/mol. The highest BCUT2D eigenvalue weighted by atomic mass is 16.3. The van der Waals surface area contributed by atoms with Gasteiger partial charge in [-0.25, -0.2) is 0 Å². The molecule has 0 N–H and O–H groups in total. The second-order valence-corrected chi connectivity index (χ2v) is 6.70. The van der Waals surface area contributed by atoms with E-state index in [1.165, 1.54) is 38.6 Å². The molecule has 0 bridgehead atoms. The van der Waals surface area contributed by atoms with Crippen molar-refractivity contribution in [3.05, 3.63) is 96.6 Å². The molecular formula is C25H18O. The molecule has 0 aliphatic rings. The number of furan rings is 1. The zero-order valence-corrected chi connectivity index (χ0v) is 14.6. The van der Waals surface area contributed by atoms with E-state index in [-0.39, 0.29) is 0 Å². The molecule has 124 valence electrons. The third-order valence-corrected chi connectivity index (χ3v) is 5.03. The molecule has 0 radical (unpaired) electrons. The van der Waals surface area contributed by atoms with E-state index in [2.05, 4.69) is 85.8 Å². The smallest absolute Gasteiger partial charge is 0.136 e. The molecule has 1 aromatic heterocycles. The molecule has 26 heavy (non-hydrogen) atoms. The van der Waals surface area contributed by atoms with Crippen molar-refractivity contribution in [2.75, 3.05) is 0 Å². The van der Waals surface area contributed by atoms with Crippen LogP contribution in [0.15, 0.2) is 95.4 Å². The minimum Gasteiger partial charge on any atom is -0.456 e. The number of hydrogen-bond acceptors (Lipinski definition) is 1. The largest absolute Gasteiger partial charge is 0.456 e. The van der Waals surface area contributed by atoms with E-state index in [9.17, 15) is 0 Å². The summed E-state index contributed by atoms with van der Waals surface area (Å²) in [6.45, 7) is 2.16. The Kier molecular flexibility index (Phi) is 3.39. The molecule has 5 rings (SSSR count). The predicted molar refractivity (Wildman–Crippen MR) is 109 cm³/mol. The molecule has 1 heteroatoms. The zero-order valence-electron chi connectivity index (χ0n) is 14.6. The lowest BCUT2D eigenvalue weighted by atomic mass is 9.96. The molecular weight excluding hydrogens is 316 g/mol. The van der Waals surface area contributed by atoms with Crippen LogP contribution in [0.3, 0.4) is 0 Å². The van der Waals surface area contributed by atoms with Crippen LogP contribution in [0.2, 0.25) is 0 Å². The van der Waals surface area contributed by atoms with Gasteiger partial charge in [0.1, 0.15) is 11.2 Å². The van der Waals surface area contributed by atoms with Gasteiger partial charge in [-0.15, -0.1) is 0 Å². The molecule has 0 amide bonds. The Morgan fingerprint density at radius 2 is 1.27 bits per heavy atom. The number of benzene rings is 4. The van der Waals surface area contributed by atoms with Crippen molar-refractivity contribution in [1.82, 2.24) is 0 Å². The Morgan fingerprint density at radius 3 is 2.19 bits per heavy atom. The number of rotatable bonds is 2. The van der Waals surface area contributed by atoms with E-state index in [0.29, 0.717) is 0 Å². The maximum Gasteiger partial charge on any atom is 0.136 e. The van der Waals surface area contributed by atoms with E-state index in [1.54, 1.807) is 0 Å². The molecule has 0 atom stereocenters. The normalized spacial score (nSPS) is 11.3. The summed E-state index contributed by atoms with van der Waals surface area (Å²) in [7, 11) is 0. The first-order chi connectivity index (χ1) is 12.8. The molecule has 5 aromatic rings. The van der Waals surface area contributed by atoms with Gasteiger partial charge in [0.05, 0.1) is 0 Å². The van der Waals surface area contributed by atoms with Crippen LogP contribution in [0, 0.1) is 6.92 Å². The van der Waals surface area contributed by atoms with Crippen LogP contribution in [-0.2, 0) is 0 Å². The molecule has 0 saturated carbocycles. The van der Waals surface area contributed by atoms with Gasteiger partial charge in [-0.1, -0.05) is 66.7 Å². The van der Waals surface area contributed by atoms with Gasteiger partial charge >= 0.3 is 0 Å². The lowest BCUT2D eigenvalue weighted by Gasteiger charge is -2.08. The first kappa shape index (κ1) is 15.0. The van der Waals surface area contributed by atoms with E-state index in [4.69, 9.17) is 4.42 Å². The summed E-state index contributed by atoms with van der Waals surface area (Å²) in [6, 6.07) is 31.9. The van der Waals surface area contributed by atoms with Crippen molar-refractivity contribution in [3.63, 3.8) is 0 Å². The van der Waals surface area contributed by atoms with Crippen molar-refractivity contribution >= 4 is 21.9 Å². The quantitative estimate of drug-likeness (QED) is 0.332. The predicted octanol–water partition coefficient (Wildman–Crippen LogP) is 7.23. The maximum absolute atomic E-state index is 6.05. The van der Waals surface area contributed by atoms with Crippen molar-refractivity contribution in [3.8, 4) is 22.3 Å². The van der Waals surface area contributed by atoms with Crippen LogP contribution in [0.5, 0.6) is 0 Å². The summed E-state index contributed by atoms with van der Waals surface area (Å²) in [6.07, 6.45) is 0. The van der Waals surface area contributed by atoms with Crippen LogP contribution in [0.25, 0.3) is 44.2 Å². The molecule has 1 nitrogen and oxygen atoms in total. The fourth-order valence-corrected chi connectivity index (χ4v) is 3.67. The molecule has 0 fully saturated rings. The Balaban J connectivity index is 1.65. The van der Waals surface area contributed by atoms with E-state index < -0.39 is 0 Å². The van der Waals surface area contributed by atoms with Gasteiger partial charge in [-0.3, -0.25) is 0 Å². The second-order valence-electron chi connectivity index (χ2n) is 6.70. The maximum atomic E-state index is 6.05. The number of fused-ring (bicyclic) bond motifs is 3. The topological polar surface area (TPSA) is 13.1 Å². The third-order valence-electron chi connectivity index (χ3n) is 5.03. The first-order valence-electron chi connectivity index (χ1n) is 8.87. The lowest BCUT2D eigenvalue weighted by molar-refractivity contribution is 0.669. The molecule has 1 heterocycles. The Bertz CT molecular complexity index is 1240. The highest BCUT2D eigenvalue weighted by Crippen LogP contribution is 2.33. The third kappa shape index (κ3) is 2.41. The van der Waals surface area contributed by atoms with Crippen LogP contribution < -0.4 is 0 Å². The molecule has 0 aliphatic heterocycles. The van der Waals surface area contributed by atoms with Gasteiger partial charge in [-0.2, -0.15) is 0 Å².